The van der Waals surface area contributed by atoms with Gasteiger partial charge in [-0.15, -0.1) is 0 Å². The van der Waals surface area contributed by atoms with Crippen LogP contribution in [0, 0.1) is 0 Å². The van der Waals surface area contributed by atoms with E-state index in [4.69, 9.17) is 11.6 Å². The maximum absolute atomic E-state index is 12.4. The van der Waals surface area contributed by atoms with Crippen LogP contribution in [0.3, 0.4) is 0 Å². The third kappa shape index (κ3) is 3.68. The molecule has 19 heavy (non-hydrogen) atoms. The van der Waals surface area contributed by atoms with Crippen LogP contribution in [0.15, 0.2) is 16.7 Å². The SMILES string of the molecule is CCCN1CCN(C(=O)c2cc(Br)cnc2Cl)CC1. The molecule has 4 nitrogen and oxygen atoms in total. The summed E-state index contributed by atoms with van der Waals surface area (Å²) in [6, 6.07) is 1.73. The third-order valence-electron chi connectivity index (χ3n) is 3.24. The summed E-state index contributed by atoms with van der Waals surface area (Å²) in [7, 11) is 0. The Bertz CT molecular complexity index is 461. The second kappa shape index (κ2) is 6.68. The van der Waals surface area contributed by atoms with Gasteiger partial charge < -0.3 is 4.90 Å². The van der Waals surface area contributed by atoms with Gasteiger partial charge in [0.05, 0.1) is 5.56 Å². The summed E-state index contributed by atoms with van der Waals surface area (Å²) in [4.78, 5) is 20.6. The molecule has 1 fully saturated rings. The van der Waals surface area contributed by atoms with Gasteiger partial charge in [-0.25, -0.2) is 4.98 Å². The highest BCUT2D eigenvalue weighted by Gasteiger charge is 2.23. The lowest BCUT2D eigenvalue weighted by atomic mass is 10.2. The lowest BCUT2D eigenvalue weighted by Crippen LogP contribution is -2.48. The lowest BCUT2D eigenvalue weighted by Gasteiger charge is -2.34. The van der Waals surface area contributed by atoms with Crippen molar-refractivity contribution in [2.24, 2.45) is 0 Å². The maximum Gasteiger partial charge on any atom is 0.257 e. The van der Waals surface area contributed by atoms with Gasteiger partial charge in [-0.2, -0.15) is 0 Å². The fraction of sp³-hybridized carbons (Fsp3) is 0.538. The topological polar surface area (TPSA) is 36.4 Å². The first kappa shape index (κ1) is 14.8. The summed E-state index contributed by atoms with van der Waals surface area (Å²) in [6.45, 7) is 6.63. The van der Waals surface area contributed by atoms with E-state index >= 15 is 0 Å². The fourth-order valence-electron chi connectivity index (χ4n) is 2.23. The molecule has 0 N–H and O–H groups in total. The molecule has 0 aliphatic carbocycles. The average Bonchev–Trinajstić information content (AvgIpc) is 2.42. The van der Waals surface area contributed by atoms with Crippen molar-refractivity contribution in [1.82, 2.24) is 14.8 Å². The number of piperazine rings is 1. The van der Waals surface area contributed by atoms with Gasteiger partial charge in [0, 0.05) is 36.8 Å². The Labute approximate surface area is 126 Å². The lowest BCUT2D eigenvalue weighted by molar-refractivity contribution is 0.0637. The summed E-state index contributed by atoms with van der Waals surface area (Å²) < 4.78 is 0.768. The van der Waals surface area contributed by atoms with E-state index in [1.54, 1.807) is 12.3 Å². The van der Waals surface area contributed by atoms with E-state index in [2.05, 4.69) is 32.7 Å². The van der Waals surface area contributed by atoms with E-state index in [1.807, 2.05) is 4.90 Å². The summed E-state index contributed by atoms with van der Waals surface area (Å²) >= 11 is 9.32. The first-order valence-electron chi connectivity index (χ1n) is 6.44. The summed E-state index contributed by atoms with van der Waals surface area (Å²) in [5, 5.41) is 0.268. The predicted molar refractivity (Wildman–Crippen MR) is 79.6 cm³/mol. The summed E-state index contributed by atoms with van der Waals surface area (Å²) in [5.41, 5.74) is 0.472. The van der Waals surface area contributed by atoms with Gasteiger partial charge in [0.25, 0.3) is 5.91 Å². The van der Waals surface area contributed by atoms with Crippen molar-refractivity contribution in [2.45, 2.75) is 13.3 Å². The molecule has 2 heterocycles. The minimum atomic E-state index is -0.0325. The van der Waals surface area contributed by atoms with E-state index in [-0.39, 0.29) is 11.1 Å². The summed E-state index contributed by atoms with van der Waals surface area (Å²) in [5.74, 6) is -0.0325. The van der Waals surface area contributed by atoms with Crippen molar-refractivity contribution in [2.75, 3.05) is 32.7 Å². The van der Waals surface area contributed by atoms with Crippen molar-refractivity contribution in [3.63, 3.8) is 0 Å². The van der Waals surface area contributed by atoms with E-state index in [0.717, 1.165) is 43.6 Å². The molecule has 0 spiro atoms. The van der Waals surface area contributed by atoms with Crippen molar-refractivity contribution in [3.8, 4) is 0 Å². The minimum absolute atomic E-state index is 0.0325. The van der Waals surface area contributed by atoms with E-state index in [1.165, 1.54) is 0 Å². The van der Waals surface area contributed by atoms with Crippen molar-refractivity contribution in [1.29, 1.82) is 0 Å². The molecule has 0 unspecified atom stereocenters. The molecule has 0 bridgehead atoms. The highest BCUT2D eigenvalue weighted by Crippen LogP contribution is 2.20. The van der Waals surface area contributed by atoms with Crippen LogP contribution in [-0.4, -0.2) is 53.4 Å². The molecule has 1 amide bonds. The average molecular weight is 347 g/mol. The Balaban J connectivity index is 2.03. The quantitative estimate of drug-likeness (QED) is 0.790. The second-order valence-electron chi connectivity index (χ2n) is 4.63. The highest BCUT2D eigenvalue weighted by molar-refractivity contribution is 9.10. The number of hydrogen-bond acceptors (Lipinski definition) is 3. The smallest absolute Gasteiger partial charge is 0.257 e. The molecular weight excluding hydrogens is 330 g/mol. The van der Waals surface area contributed by atoms with Gasteiger partial charge in [-0.1, -0.05) is 18.5 Å². The van der Waals surface area contributed by atoms with Gasteiger partial charge in [-0.05, 0) is 35.0 Å². The van der Waals surface area contributed by atoms with E-state index < -0.39 is 0 Å². The zero-order valence-corrected chi connectivity index (χ0v) is 13.2. The van der Waals surface area contributed by atoms with Crippen LogP contribution >= 0.6 is 27.5 Å². The number of pyridine rings is 1. The van der Waals surface area contributed by atoms with Crippen molar-refractivity contribution < 1.29 is 4.79 Å². The molecule has 1 aliphatic rings. The van der Waals surface area contributed by atoms with Crippen LogP contribution in [0.2, 0.25) is 5.15 Å². The van der Waals surface area contributed by atoms with Gasteiger partial charge in [0.1, 0.15) is 5.15 Å². The predicted octanol–water partition coefficient (Wildman–Crippen LogP) is 2.67. The Morgan fingerprint density at radius 3 is 2.74 bits per heavy atom. The Kier molecular flexibility index (Phi) is 5.19. The monoisotopic (exact) mass is 345 g/mol. The first-order valence-corrected chi connectivity index (χ1v) is 7.61. The second-order valence-corrected chi connectivity index (χ2v) is 5.90. The van der Waals surface area contributed by atoms with Crippen LogP contribution in [0.5, 0.6) is 0 Å². The van der Waals surface area contributed by atoms with Crippen molar-refractivity contribution in [3.05, 3.63) is 27.5 Å². The van der Waals surface area contributed by atoms with Crippen LogP contribution < -0.4 is 0 Å². The molecule has 1 aromatic heterocycles. The van der Waals surface area contributed by atoms with Gasteiger partial charge in [0.2, 0.25) is 0 Å². The molecule has 0 atom stereocenters. The molecule has 1 saturated heterocycles. The first-order chi connectivity index (χ1) is 9.11. The molecule has 104 valence electrons. The van der Waals surface area contributed by atoms with Crippen LogP contribution in [-0.2, 0) is 0 Å². The normalized spacial score (nSPS) is 16.7. The molecule has 0 aromatic carbocycles. The van der Waals surface area contributed by atoms with Gasteiger partial charge in [0.15, 0.2) is 0 Å². The van der Waals surface area contributed by atoms with E-state index in [0.29, 0.717) is 5.56 Å². The maximum atomic E-state index is 12.4. The number of hydrogen-bond donors (Lipinski definition) is 0. The van der Waals surface area contributed by atoms with Crippen LogP contribution in [0.4, 0.5) is 0 Å². The largest absolute Gasteiger partial charge is 0.336 e. The van der Waals surface area contributed by atoms with Crippen molar-refractivity contribution >= 4 is 33.4 Å². The molecule has 1 aliphatic heterocycles. The molecule has 0 radical (unpaired) electrons. The number of rotatable bonds is 3. The zero-order valence-electron chi connectivity index (χ0n) is 10.9. The standard InChI is InChI=1S/C13H17BrClN3O/c1-2-3-17-4-6-18(7-5-17)13(19)11-8-10(14)9-16-12(11)15/h8-9H,2-7H2,1H3. The zero-order chi connectivity index (χ0) is 13.8. The minimum Gasteiger partial charge on any atom is -0.336 e. The number of carbonyl (C=O) groups is 1. The molecule has 6 heteroatoms. The summed E-state index contributed by atoms with van der Waals surface area (Å²) in [6.07, 6.45) is 2.74. The number of carbonyl (C=O) groups excluding carboxylic acids is 1. The molecule has 0 saturated carbocycles. The number of halogens is 2. The Morgan fingerprint density at radius 1 is 1.42 bits per heavy atom. The Morgan fingerprint density at radius 2 is 2.11 bits per heavy atom. The van der Waals surface area contributed by atoms with Gasteiger partial charge >= 0.3 is 0 Å². The Hall–Kier alpha value is -0.650. The molecular formula is C13H17BrClN3O. The van der Waals surface area contributed by atoms with E-state index in [9.17, 15) is 4.79 Å². The number of aromatic nitrogens is 1. The van der Waals surface area contributed by atoms with Gasteiger partial charge in [-0.3, -0.25) is 9.69 Å². The fourth-order valence-corrected chi connectivity index (χ4v) is 2.75. The van der Waals surface area contributed by atoms with Crippen LogP contribution in [0.1, 0.15) is 23.7 Å². The molecule has 1 aromatic rings. The number of nitrogens with zero attached hydrogens (tertiary/aromatic N) is 3. The number of amides is 1. The van der Waals surface area contributed by atoms with Crippen LogP contribution in [0.25, 0.3) is 0 Å². The molecule has 2 rings (SSSR count). The highest BCUT2D eigenvalue weighted by atomic mass is 79.9. The third-order valence-corrected chi connectivity index (χ3v) is 3.97.